The molecule has 0 aliphatic heterocycles. The first-order chi connectivity index (χ1) is 12.2. The number of methoxy groups -OCH3 is 1. The Hall–Kier alpha value is -2.05. The molecule has 6 heteroatoms. The number of rotatable bonds is 9. The molecule has 0 aliphatic carbocycles. The van der Waals surface area contributed by atoms with Gasteiger partial charge in [0.05, 0.1) is 23.0 Å². The number of pyridine rings is 1. The van der Waals surface area contributed by atoms with Gasteiger partial charge < -0.3 is 14.5 Å². The summed E-state index contributed by atoms with van der Waals surface area (Å²) in [6, 6.07) is 1.91. The zero-order valence-electron chi connectivity index (χ0n) is 15.0. The van der Waals surface area contributed by atoms with Crippen molar-refractivity contribution in [2.45, 2.75) is 31.2 Å². The molecule has 0 fully saturated rings. The van der Waals surface area contributed by atoms with Gasteiger partial charge in [0.2, 0.25) is 0 Å². The van der Waals surface area contributed by atoms with Gasteiger partial charge in [0, 0.05) is 37.7 Å². The predicted molar refractivity (Wildman–Crippen MR) is 103 cm³/mol. The van der Waals surface area contributed by atoms with Gasteiger partial charge in [0.25, 0.3) is 0 Å². The predicted octanol–water partition coefficient (Wildman–Crippen LogP) is 2.59. The van der Waals surface area contributed by atoms with Gasteiger partial charge in [0.1, 0.15) is 5.75 Å². The average molecular weight is 359 g/mol. The SMILES string of the molecule is C=C/C=c1/[nH]c(SCc2nccc(OCCCOC)c2C)n/c1=C/C. The van der Waals surface area contributed by atoms with E-state index >= 15 is 0 Å². The summed E-state index contributed by atoms with van der Waals surface area (Å²) in [6.45, 7) is 9.09. The molecule has 25 heavy (non-hydrogen) atoms. The number of imidazole rings is 1. The number of hydrogen-bond donors (Lipinski definition) is 1. The highest BCUT2D eigenvalue weighted by molar-refractivity contribution is 7.98. The average Bonchev–Trinajstić information content (AvgIpc) is 3.01. The molecule has 2 heterocycles. The molecule has 0 aromatic carbocycles. The number of ether oxygens (including phenoxy) is 2. The lowest BCUT2D eigenvalue weighted by molar-refractivity contribution is 0.172. The highest BCUT2D eigenvalue weighted by Gasteiger charge is 2.08. The van der Waals surface area contributed by atoms with Crippen LogP contribution in [0.1, 0.15) is 24.6 Å². The van der Waals surface area contributed by atoms with Crippen molar-refractivity contribution >= 4 is 23.9 Å². The summed E-state index contributed by atoms with van der Waals surface area (Å²) in [5.74, 6) is 1.61. The Bertz CT molecular complexity index is 815. The van der Waals surface area contributed by atoms with E-state index < -0.39 is 0 Å². The fourth-order valence-corrected chi connectivity index (χ4v) is 3.20. The summed E-state index contributed by atoms with van der Waals surface area (Å²) in [5, 5.41) is 2.77. The first kappa shape index (κ1) is 19.3. The van der Waals surface area contributed by atoms with Gasteiger partial charge in [-0.3, -0.25) is 4.98 Å². The Labute approximate surface area is 152 Å². The molecule has 1 N–H and O–H groups in total. The fraction of sp³-hybridized carbons (Fsp3) is 0.368. The lowest BCUT2D eigenvalue weighted by atomic mass is 10.2. The monoisotopic (exact) mass is 359 g/mol. The third-order valence-corrected chi connectivity index (χ3v) is 4.54. The van der Waals surface area contributed by atoms with E-state index in [1.807, 2.05) is 32.1 Å². The molecule has 0 atom stereocenters. The number of hydrogen-bond acceptors (Lipinski definition) is 5. The number of H-pyrrole nitrogens is 1. The van der Waals surface area contributed by atoms with Gasteiger partial charge in [-0.05, 0) is 26.0 Å². The molecule has 0 bridgehead atoms. The second-order valence-electron chi connectivity index (χ2n) is 5.40. The van der Waals surface area contributed by atoms with Crippen LogP contribution < -0.4 is 15.4 Å². The van der Waals surface area contributed by atoms with Crippen molar-refractivity contribution in [3.8, 4) is 5.75 Å². The molecule has 2 aromatic heterocycles. The number of nitrogens with zero attached hydrogens (tertiary/aromatic N) is 2. The standard InChI is InChI=1S/C19H25N3O2S/c1-5-8-16-15(6-2)21-19(22-16)25-13-17-14(3)18(9-10-20-17)24-12-7-11-23-4/h5-6,8-10H,1,7,11-13H2,2-4H3,(H,21,22)/b15-6+,16-8+. The normalized spacial score (nSPS) is 12.6. The lowest BCUT2D eigenvalue weighted by Gasteiger charge is -2.11. The van der Waals surface area contributed by atoms with E-state index in [1.165, 1.54) is 0 Å². The van der Waals surface area contributed by atoms with E-state index in [1.54, 1.807) is 31.1 Å². The van der Waals surface area contributed by atoms with Crippen LogP contribution in [0.25, 0.3) is 12.2 Å². The van der Waals surface area contributed by atoms with Gasteiger partial charge in [-0.15, -0.1) is 0 Å². The van der Waals surface area contributed by atoms with E-state index in [4.69, 9.17) is 9.47 Å². The van der Waals surface area contributed by atoms with Crippen LogP contribution >= 0.6 is 11.8 Å². The van der Waals surface area contributed by atoms with Crippen LogP contribution in [0.2, 0.25) is 0 Å². The van der Waals surface area contributed by atoms with Crippen LogP contribution in [0.3, 0.4) is 0 Å². The summed E-state index contributed by atoms with van der Waals surface area (Å²) in [7, 11) is 1.70. The van der Waals surface area contributed by atoms with E-state index in [2.05, 4.69) is 21.5 Å². The van der Waals surface area contributed by atoms with Crippen LogP contribution in [0.15, 0.2) is 30.1 Å². The molecule has 134 valence electrons. The molecule has 0 radical (unpaired) electrons. The van der Waals surface area contributed by atoms with Crippen LogP contribution in [-0.4, -0.2) is 35.3 Å². The zero-order valence-corrected chi connectivity index (χ0v) is 15.9. The second-order valence-corrected chi connectivity index (χ2v) is 6.36. The van der Waals surface area contributed by atoms with Gasteiger partial charge in [-0.1, -0.05) is 30.5 Å². The highest BCUT2D eigenvalue weighted by Crippen LogP contribution is 2.24. The summed E-state index contributed by atoms with van der Waals surface area (Å²) in [6.07, 6.45) is 8.32. The maximum absolute atomic E-state index is 5.83. The Morgan fingerprint density at radius 1 is 1.36 bits per heavy atom. The van der Waals surface area contributed by atoms with Crippen molar-refractivity contribution in [1.29, 1.82) is 0 Å². The highest BCUT2D eigenvalue weighted by atomic mass is 32.2. The minimum atomic E-state index is 0.639. The number of aromatic amines is 1. The van der Waals surface area contributed by atoms with Gasteiger partial charge in [-0.2, -0.15) is 0 Å². The topological polar surface area (TPSA) is 60.0 Å². The van der Waals surface area contributed by atoms with Crippen molar-refractivity contribution in [2.24, 2.45) is 0 Å². The van der Waals surface area contributed by atoms with E-state index in [9.17, 15) is 0 Å². The number of thioether (sulfide) groups is 1. The Morgan fingerprint density at radius 2 is 2.20 bits per heavy atom. The minimum absolute atomic E-state index is 0.639. The molecule has 0 spiro atoms. The summed E-state index contributed by atoms with van der Waals surface area (Å²) in [5.41, 5.74) is 2.07. The maximum atomic E-state index is 5.83. The molecule has 0 saturated carbocycles. The van der Waals surface area contributed by atoms with E-state index in [0.29, 0.717) is 13.2 Å². The van der Waals surface area contributed by atoms with Crippen molar-refractivity contribution in [3.63, 3.8) is 0 Å². The zero-order chi connectivity index (χ0) is 18.1. The van der Waals surface area contributed by atoms with Crippen molar-refractivity contribution in [3.05, 3.63) is 46.9 Å². The van der Waals surface area contributed by atoms with Crippen molar-refractivity contribution < 1.29 is 9.47 Å². The quantitative estimate of drug-likeness (QED) is 0.551. The number of allylic oxidation sites excluding steroid dienone is 1. The second kappa shape index (κ2) is 10.1. The molecule has 0 amide bonds. The van der Waals surface area contributed by atoms with Crippen LogP contribution in [0.4, 0.5) is 0 Å². The van der Waals surface area contributed by atoms with E-state index in [-0.39, 0.29) is 0 Å². The molecule has 0 aliphatic rings. The third-order valence-electron chi connectivity index (χ3n) is 3.65. The summed E-state index contributed by atoms with van der Waals surface area (Å²) >= 11 is 1.63. The van der Waals surface area contributed by atoms with Crippen molar-refractivity contribution in [2.75, 3.05) is 20.3 Å². The Morgan fingerprint density at radius 3 is 2.92 bits per heavy atom. The minimum Gasteiger partial charge on any atom is -0.493 e. The van der Waals surface area contributed by atoms with Gasteiger partial charge in [-0.25, -0.2) is 4.98 Å². The Balaban J connectivity index is 2.06. The molecule has 2 rings (SSSR count). The first-order valence-corrected chi connectivity index (χ1v) is 9.22. The third kappa shape index (κ3) is 5.47. The molecular formula is C19H25N3O2S. The van der Waals surface area contributed by atoms with Gasteiger partial charge in [0.15, 0.2) is 5.16 Å². The van der Waals surface area contributed by atoms with Crippen LogP contribution in [0.5, 0.6) is 5.75 Å². The molecule has 0 unspecified atom stereocenters. The number of aromatic nitrogens is 3. The lowest BCUT2D eigenvalue weighted by Crippen LogP contribution is -2.23. The van der Waals surface area contributed by atoms with Gasteiger partial charge >= 0.3 is 0 Å². The van der Waals surface area contributed by atoms with E-state index in [0.717, 1.165) is 45.0 Å². The molecule has 2 aromatic rings. The summed E-state index contributed by atoms with van der Waals surface area (Å²) in [4.78, 5) is 12.4. The smallest absolute Gasteiger partial charge is 0.166 e. The molecule has 5 nitrogen and oxygen atoms in total. The largest absolute Gasteiger partial charge is 0.493 e. The molecular weight excluding hydrogens is 334 g/mol. The Kier molecular flexibility index (Phi) is 7.76. The maximum Gasteiger partial charge on any atom is 0.166 e. The van der Waals surface area contributed by atoms with Crippen LogP contribution in [0, 0.1) is 6.92 Å². The fourth-order valence-electron chi connectivity index (χ4n) is 2.29. The first-order valence-electron chi connectivity index (χ1n) is 8.23. The van der Waals surface area contributed by atoms with Crippen molar-refractivity contribution in [1.82, 2.24) is 15.0 Å². The van der Waals surface area contributed by atoms with Crippen LogP contribution in [-0.2, 0) is 10.5 Å². The number of nitrogens with one attached hydrogen (secondary N) is 1. The molecule has 0 saturated heterocycles. The summed E-state index contributed by atoms with van der Waals surface area (Å²) < 4.78 is 10.9.